The lowest BCUT2D eigenvalue weighted by molar-refractivity contribution is 0.0401. The molecule has 1 N–H and O–H groups in total. The molecule has 1 aliphatic heterocycles. The first-order valence-corrected chi connectivity index (χ1v) is 7.42. The van der Waals surface area contributed by atoms with E-state index in [0.29, 0.717) is 17.0 Å². The van der Waals surface area contributed by atoms with Gasteiger partial charge < -0.3 is 10.1 Å². The van der Waals surface area contributed by atoms with E-state index in [1.165, 1.54) is 37.8 Å². The second-order valence-electron chi connectivity index (χ2n) is 5.55. The highest BCUT2D eigenvalue weighted by Gasteiger charge is 2.30. The zero-order valence-corrected chi connectivity index (χ0v) is 11.6. The van der Waals surface area contributed by atoms with Crippen molar-refractivity contribution >= 4 is 11.6 Å². The average molecular weight is 284 g/mol. The molecule has 1 saturated heterocycles. The minimum absolute atomic E-state index is 0.0706. The molecule has 1 aromatic carbocycles. The Kier molecular flexibility index (Phi) is 4.06. The fourth-order valence-electron chi connectivity index (χ4n) is 3.20. The van der Waals surface area contributed by atoms with Crippen LogP contribution < -0.4 is 5.32 Å². The number of fused-ring (bicyclic) bond motifs is 1. The first kappa shape index (κ1) is 13.3. The van der Waals surface area contributed by atoms with Crippen LogP contribution in [0.4, 0.5) is 4.39 Å². The lowest BCUT2D eigenvalue weighted by Gasteiger charge is -2.29. The van der Waals surface area contributed by atoms with Crippen LogP contribution in [0.1, 0.15) is 37.4 Å². The zero-order valence-electron chi connectivity index (χ0n) is 10.9. The van der Waals surface area contributed by atoms with E-state index >= 15 is 0 Å². The number of ether oxygens (including phenoxy) is 1. The molecule has 0 amide bonds. The third-order valence-corrected chi connectivity index (χ3v) is 4.62. The monoisotopic (exact) mass is 283 g/mol. The molecule has 1 aliphatic carbocycles. The Hall–Kier alpha value is -0.640. The maximum atomic E-state index is 13.1. The third kappa shape index (κ3) is 2.93. The smallest absolute Gasteiger partial charge is 0.124 e. The lowest BCUT2D eigenvalue weighted by Crippen LogP contribution is -2.38. The molecule has 104 valence electrons. The molecule has 1 aromatic rings. The number of halogens is 2. The first-order valence-electron chi connectivity index (χ1n) is 7.04. The van der Waals surface area contributed by atoms with Crippen molar-refractivity contribution in [1.82, 2.24) is 5.32 Å². The second-order valence-corrected chi connectivity index (χ2v) is 5.95. The van der Waals surface area contributed by atoms with Crippen molar-refractivity contribution in [1.29, 1.82) is 0 Å². The first-order chi connectivity index (χ1) is 9.24. The van der Waals surface area contributed by atoms with E-state index in [4.69, 9.17) is 16.3 Å². The van der Waals surface area contributed by atoms with E-state index in [9.17, 15) is 4.39 Å². The summed E-state index contributed by atoms with van der Waals surface area (Å²) in [6.45, 7) is 1.53. The van der Waals surface area contributed by atoms with Gasteiger partial charge in [-0.05, 0) is 30.9 Å². The molecule has 19 heavy (non-hydrogen) atoms. The van der Waals surface area contributed by atoms with Gasteiger partial charge in [-0.25, -0.2) is 4.39 Å². The maximum Gasteiger partial charge on any atom is 0.124 e. The summed E-state index contributed by atoms with van der Waals surface area (Å²) in [6, 6.07) is 5.11. The van der Waals surface area contributed by atoms with Crippen LogP contribution >= 0.6 is 11.6 Å². The summed E-state index contributed by atoms with van der Waals surface area (Å²) in [7, 11) is 0. The van der Waals surface area contributed by atoms with Gasteiger partial charge in [-0.3, -0.25) is 0 Å². The highest BCUT2D eigenvalue weighted by Crippen LogP contribution is 2.32. The van der Waals surface area contributed by atoms with Gasteiger partial charge in [0.15, 0.2) is 0 Å². The summed E-state index contributed by atoms with van der Waals surface area (Å²) in [6.07, 6.45) is 5.00. The van der Waals surface area contributed by atoms with E-state index in [-0.39, 0.29) is 11.9 Å². The molecule has 1 heterocycles. The molecule has 0 aromatic heterocycles. The Morgan fingerprint density at radius 2 is 2.11 bits per heavy atom. The van der Waals surface area contributed by atoms with Gasteiger partial charge in [0.2, 0.25) is 0 Å². The minimum Gasteiger partial charge on any atom is -0.372 e. The molecule has 3 unspecified atom stereocenters. The van der Waals surface area contributed by atoms with Gasteiger partial charge in [-0.2, -0.15) is 0 Å². The van der Waals surface area contributed by atoms with Gasteiger partial charge in [-0.1, -0.05) is 30.5 Å². The molecule has 3 rings (SSSR count). The van der Waals surface area contributed by atoms with Crippen molar-refractivity contribution in [3.8, 4) is 0 Å². The summed E-state index contributed by atoms with van der Waals surface area (Å²) in [4.78, 5) is 0. The molecule has 0 radical (unpaired) electrons. The maximum absolute atomic E-state index is 13.1. The quantitative estimate of drug-likeness (QED) is 0.848. The van der Waals surface area contributed by atoms with Gasteiger partial charge in [0.25, 0.3) is 0 Å². The molecular formula is C15H19ClFNO. The topological polar surface area (TPSA) is 21.3 Å². The van der Waals surface area contributed by atoms with Crippen molar-refractivity contribution < 1.29 is 9.13 Å². The summed E-state index contributed by atoms with van der Waals surface area (Å²) in [5.74, 6) is 0.307. The van der Waals surface area contributed by atoms with E-state index in [2.05, 4.69) is 5.32 Å². The molecule has 2 nitrogen and oxygen atoms in total. The Balaban J connectivity index is 1.75. The van der Waals surface area contributed by atoms with Crippen molar-refractivity contribution in [2.45, 2.75) is 37.8 Å². The van der Waals surface area contributed by atoms with E-state index in [0.717, 1.165) is 18.7 Å². The van der Waals surface area contributed by atoms with Crippen molar-refractivity contribution in [2.24, 2.45) is 5.92 Å². The van der Waals surface area contributed by atoms with E-state index in [1.807, 2.05) is 0 Å². The molecule has 2 fully saturated rings. The minimum atomic E-state index is -0.302. The van der Waals surface area contributed by atoms with Crippen molar-refractivity contribution in [3.63, 3.8) is 0 Å². The molecule has 0 bridgehead atoms. The van der Waals surface area contributed by atoms with Crippen molar-refractivity contribution in [3.05, 3.63) is 34.6 Å². The predicted octanol–water partition coefficient (Wildman–Crippen LogP) is 3.70. The summed E-state index contributed by atoms with van der Waals surface area (Å²) < 4.78 is 19.1. The second kappa shape index (κ2) is 5.78. The Labute approximate surface area is 118 Å². The standard InChI is InChI=1S/C15H19ClFNO/c16-13-7-11(17)5-6-12(13)15-8-18-14-4-2-1-3-10(14)9-19-15/h5-7,10,14-15,18H,1-4,8-9H2. The number of hydrogen-bond donors (Lipinski definition) is 1. The normalized spacial score (nSPS) is 31.6. The Bertz CT molecular complexity index is 438. The highest BCUT2D eigenvalue weighted by atomic mass is 35.5. The van der Waals surface area contributed by atoms with Gasteiger partial charge in [0, 0.05) is 23.2 Å². The Morgan fingerprint density at radius 3 is 2.95 bits per heavy atom. The number of rotatable bonds is 1. The van der Waals surface area contributed by atoms with E-state index in [1.54, 1.807) is 6.07 Å². The molecule has 3 atom stereocenters. The van der Waals surface area contributed by atoms with Gasteiger partial charge in [0.05, 0.1) is 12.7 Å². The number of hydrogen-bond acceptors (Lipinski definition) is 2. The van der Waals surface area contributed by atoms with Crippen LogP contribution in [0.15, 0.2) is 18.2 Å². The Morgan fingerprint density at radius 1 is 1.26 bits per heavy atom. The van der Waals surface area contributed by atoms with Gasteiger partial charge in [-0.15, -0.1) is 0 Å². The van der Waals surface area contributed by atoms with Crippen LogP contribution in [-0.4, -0.2) is 19.2 Å². The van der Waals surface area contributed by atoms with Crippen LogP contribution in [0.5, 0.6) is 0 Å². The molecular weight excluding hydrogens is 265 g/mol. The van der Waals surface area contributed by atoms with Crippen LogP contribution in [0.3, 0.4) is 0 Å². The fourth-order valence-corrected chi connectivity index (χ4v) is 3.48. The zero-order chi connectivity index (χ0) is 13.2. The summed E-state index contributed by atoms with van der Waals surface area (Å²) >= 11 is 6.12. The predicted molar refractivity (Wildman–Crippen MR) is 73.9 cm³/mol. The molecule has 2 aliphatic rings. The van der Waals surface area contributed by atoms with Crippen LogP contribution in [0, 0.1) is 11.7 Å². The van der Waals surface area contributed by atoms with Crippen LogP contribution in [0.25, 0.3) is 0 Å². The number of benzene rings is 1. The molecule has 4 heteroatoms. The van der Waals surface area contributed by atoms with Crippen LogP contribution in [-0.2, 0) is 4.74 Å². The van der Waals surface area contributed by atoms with Gasteiger partial charge >= 0.3 is 0 Å². The lowest BCUT2D eigenvalue weighted by atomic mass is 9.85. The molecule has 0 spiro atoms. The molecule has 1 saturated carbocycles. The fraction of sp³-hybridized carbons (Fsp3) is 0.600. The summed E-state index contributed by atoms with van der Waals surface area (Å²) in [5, 5.41) is 4.05. The number of nitrogens with one attached hydrogen (secondary N) is 1. The van der Waals surface area contributed by atoms with E-state index < -0.39 is 0 Å². The van der Waals surface area contributed by atoms with Crippen LogP contribution in [0.2, 0.25) is 5.02 Å². The summed E-state index contributed by atoms with van der Waals surface area (Å²) in [5.41, 5.74) is 0.884. The van der Waals surface area contributed by atoms with Gasteiger partial charge in [0.1, 0.15) is 5.82 Å². The average Bonchev–Trinajstić information content (AvgIpc) is 2.62. The third-order valence-electron chi connectivity index (χ3n) is 4.30. The SMILES string of the molecule is Fc1ccc(C2CNC3CCCCC3CO2)c(Cl)c1. The highest BCUT2D eigenvalue weighted by molar-refractivity contribution is 6.31. The van der Waals surface area contributed by atoms with Crippen molar-refractivity contribution in [2.75, 3.05) is 13.2 Å². The largest absolute Gasteiger partial charge is 0.372 e.